The average Bonchev–Trinajstić information content (AvgIpc) is 3.76. The van der Waals surface area contributed by atoms with Crippen LogP contribution in [-0.2, 0) is 17.6 Å². The maximum absolute atomic E-state index is 15.0. The number of nitrogen functional groups attached to an aromatic ring is 1. The number of rotatable bonds is 5. The molecule has 0 spiro atoms. The van der Waals surface area contributed by atoms with Crippen LogP contribution in [0.2, 0.25) is 0 Å². The lowest BCUT2D eigenvalue weighted by Gasteiger charge is -2.38. The molecule has 1 aromatic carbocycles. The zero-order valence-electron chi connectivity index (χ0n) is 22.5. The number of alkyl halides is 3. The van der Waals surface area contributed by atoms with Crippen molar-refractivity contribution in [1.29, 1.82) is 0 Å². The topological polar surface area (TPSA) is 127 Å². The number of anilines is 1. The maximum Gasteiger partial charge on any atom is 0.574 e. The predicted molar refractivity (Wildman–Crippen MR) is 140 cm³/mol. The summed E-state index contributed by atoms with van der Waals surface area (Å²) in [6, 6.07) is 1.78. The van der Waals surface area contributed by atoms with Crippen molar-refractivity contribution in [3.8, 4) is 17.3 Å². The van der Waals surface area contributed by atoms with Gasteiger partial charge < -0.3 is 25.4 Å². The number of aromatic hydroxyl groups is 1. The van der Waals surface area contributed by atoms with Crippen LogP contribution in [0.1, 0.15) is 57.7 Å². The Morgan fingerprint density at radius 3 is 2.58 bits per heavy atom. The van der Waals surface area contributed by atoms with Gasteiger partial charge in [-0.15, -0.1) is 13.2 Å². The molecule has 1 fully saturated rings. The fraction of sp³-hybridized carbons (Fsp3) is 0.357. The van der Waals surface area contributed by atoms with Crippen LogP contribution < -0.4 is 10.5 Å². The van der Waals surface area contributed by atoms with Gasteiger partial charge in [0.05, 0.1) is 28.7 Å². The number of phenolic OH excluding ortho intramolecular Hbond substituents is 1. The molecule has 226 valence electrons. The summed E-state index contributed by atoms with van der Waals surface area (Å²) >= 11 is 0. The summed E-state index contributed by atoms with van der Waals surface area (Å²) < 4.78 is 72.7. The largest absolute Gasteiger partial charge is 0.574 e. The van der Waals surface area contributed by atoms with Gasteiger partial charge >= 0.3 is 6.36 Å². The number of hydrogen-bond donors (Lipinski definition) is 2. The number of halogens is 5. The molecular formula is C28H25F5N6O4. The molecule has 3 aromatic rings. The Morgan fingerprint density at radius 2 is 1.91 bits per heavy atom. The van der Waals surface area contributed by atoms with Crippen LogP contribution in [-0.4, -0.2) is 67.5 Å². The van der Waals surface area contributed by atoms with Gasteiger partial charge in [0.25, 0.3) is 11.8 Å². The molecule has 43 heavy (non-hydrogen) atoms. The second-order valence-corrected chi connectivity index (χ2v) is 10.6. The lowest BCUT2D eigenvalue weighted by atomic mass is 9.94. The van der Waals surface area contributed by atoms with E-state index in [1.54, 1.807) is 0 Å². The minimum atomic E-state index is -5.23. The summed E-state index contributed by atoms with van der Waals surface area (Å²) in [5, 5.41) is 15.5. The molecule has 3 N–H and O–H groups in total. The first-order valence-electron chi connectivity index (χ1n) is 13.4. The molecule has 2 aliphatic heterocycles. The zero-order valence-corrected chi connectivity index (χ0v) is 22.5. The van der Waals surface area contributed by atoms with E-state index >= 15 is 4.39 Å². The molecule has 1 saturated carbocycles. The van der Waals surface area contributed by atoms with Gasteiger partial charge in [0.2, 0.25) is 11.7 Å². The molecular weight excluding hydrogens is 579 g/mol. The van der Waals surface area contributed by atoms with Crippen LogP contribution in [0.5, 0.6) is 11.6 Å². The number of hydrogen-bond acceptors (Lipinski definition) is 7. The van der Waals surface area contributed by atoms with Crippen LogP contribution in [0.3, 0.4) is 0 Å². The van der Waals surface area contributed by atoms with E-state index in [9.17, 15) is 32.3 Å². The molecule has 3 aliphatic rings. The number of nitrogens with zero attached hydrogens (tertiary/aromatic N) is 5. The summed E-state index contributed by atoms with van der Waals surface area (Å²) in [6.07, 6.45) is -1.31. The highest BCUT2D eigenvalue weighted by Gasteiger charge is 2.42. The molecule has 2 aromatic heterocycles. The summed E-state index contributed by atoms with van der Waals surface area (Å²) in [6.45, 7) is 3.70. The SMILES string of the molecule is C=CC(=O)N1CCc2nn(-c3cc(F)c(C4CC4)cc3O)c3c2C(C1)N(C(=O)c1cnc(OC(F)(F)F)c(F)c1N)CC3. The van der Waals surface area contributed by atoms with Crippen molar-refractivity contribution < 1.29 is 41.4 Å². The number of amides is 2. The van der Waals surface area contributed by atoms with Crippen molar-refractivity contribution >= 4 is 17.5 Å². The third kappa shape index (κ3) is 5.02. The standard InChI is InChI=1S/C28H25F5N6O4/c1-2-22(41)37-7-5-17-23-18(39(36-17)19-10-16(29)14(9-21(19)40)13-3-4-13)6-8-38(20(23)12-37)27(42)15-11-35-26(24(30)25(15)34)43-28(31,32)33/h2,9-11,13,20,40H,1,3-8,12H2,(H2,34,35). The van der Waals surface area contributed by atoms with Crippen molar-refractivity contribution in [2.75, 3.05) is 25.4 Å². The highest BCUT2D eigenvalue weighted by Crippen LogP contribution is 2.45. The number of phenols is 1. The third-order valence-electron chi connectivity index (χ3n) is 7.96. The lowest BCUT2D eigenvalue weighted by Crippen LogP contribution is -2.46. The van der Waals surface area contributed by atoms with Gasteiger partial charge in [0.1, 0.15) is 17.3 Å². The number of pyridine rings is 1. The molecule has 1 aliphatic carbocycles. The predicted octanol–water partition coefficient (Wildman–Crippen LogP) is 3.92. The Balaban J connectivity index is 1.41. The molecule has 1 atom stereocenters. The van der Waals surface area contributed by atoms with E-state index in [0.717, 1.165) is 18.9 Å². The van der Waals surface area contributed by atoms with Crippen molar-refractivity contribution in [2.24, 2.45) is 0 Å². The fourth-order valence-electron chi connectivity index (χ4n) is 5.80. The Kier molecular flexibility index (Phi) is 6.77. The molecule has 15 heteroatoms. The normalized spacial score (nSPS) is 18.2. The first kappa shape index (κ1) is 28.4. The molecule has 4 heterocycles. The molecule has 0 bridgehead atoms. The molecule has 0 radical (unpaired) electrons. The Hall–Kier alpha value is -4.69. The molecule has 10 nitrogen and oxygen atoms in total. The summed E-state index contributed by atoms with van der Waals surface area (Å²) in [4.78, 5) is 32.5. The smallest absolute Gasteiger partial charge is 0.506 e. The Bertz CT molecular complexity index is 1670. The quantitative estimate of drug-likeness (QED) is 0.334. The van der Waals surface area contributed by atoms with E-state index in [4.69, 9.17) is 5.73 Å². The van der Waals surface area contributed by atoms with Crippen molar-refractivity contribution in [3.05, 3.63) is 70.7 Å². The van der Waals surface area contributed by atoms with Crippen LogP contribution in [0.25, 0.3) is 5.69 Å². The first-order chi connectivity index (χ1) is 20.4. The fourth-order valence-corrected chi connectivity index (χ4v) is 5.80. The summed E-state index contributed by atoms with van der Waals surface area (Å²) in [5.41, 5.74) is 6.56. The Labute approximate surface area is 241 Å². The van der Waals surface area contributed by atoms with Gasteiger partial charge in [0, 0.05) is 50.3 Å². The first-order valence-corrected chi connectivity index (χ1v) is 13.4. The molecule has 2 amide bonds. The van der Waals surface area contributed by atoms with Gasteiger partial charge in [-0.2, -0.15) is 9.49 Å². The third-order valence-corrected chi connectivity index (χ3v) is 7.96. The van der Waals surface area contributed by atoms with Crippen LogP contribution in [0.15, 0.2) is 31.0 Å². The molecule has 0 saturated heterocycles. The summed E-state index contributed by atoms with van der Waals surface area (Å²) in [5.74, 6) is -4.89. The van der Waals surface area contributed by atoms with Gasteiger partial charge in [-0.25, -0.2) is 14.1 Å². The van der Waals surface area contributed by atoms with Crippen molar-refractivity contribution in [3.63, 3.8) is 0 Å². The minimum absolute atomic E-state index is 0.0109. The number of carbonyl (C=O) groups excluding carboxylic acids is 2. The summed E-state index contributed by atoms with van der Waals surface area (Å²) in [7, 11) is 0. The van der Waals surface area contributed by atoms with E-state index in [2.05, 4.69) is 21.4 Å². The lowest BCUT2D eigenvalue weighted by molar-refractivity contribution is -0.277. The van der Waals surface area contributed by atoms with Gasteiger partial charge in [-0.1, -0.05) is 6.58 Å². The van der Waals surface area contributed by atoms with E-state index < -0.39 is 53.0 Å². The van der Waals surface area contributed by atoms with Gasteiger partial charge in [-0.05, 0) is 36.5 Å². The second kappa shape index (κ2) is 10.2. The van der Waals surface area contributed by atoms with Gasteiger partial charge in [-0.3, -0.25) is 9.59 Å². The number of ether oxygens (including phenoxy) is 1. The number of nitrogens with two attached hydrogens (primary N) is 1. The minimum Gasteiger partial charge on any atom is -0.506 e. The Morgan fingerprint density at radius 1 is 1.16 bits per heavy atom. The van der Waals surface area contributed by atoms with Crippen LogP contribution >= 0.6 is 0 Å². The maximum atomic E-state index is 15.0. The second-order valence-electron chi connectivity index (χ2n) is 10.6. The van der Waals surface area contributed by atoms with E-state index in [-0.39, 0.29) is 49.8 Å². The van der Waals surface area contributed by atoms with Crippen LogP contribution in [0.4, 0.5) is 27.6 Å². The van der Waals surface area contributed by atoms with E-state index in [1.807, 2.05) is 0 Å². The van der Waals surface area contributed by atoms with Crippen LogP contribution in [0, 0.1) is 11.6 Å². The monoisotopic (exact) mass is 604 g/mol. The highest BCUT2D eigenvalue weighted by molar-refractivity contribution is 5.99. The van der Waals surface area contributed by atoms with Crippen molar-refractivity contribution in [2.45, 2.75) is 44.0 Å². The molecule has 6 rings (SSSR count). The van der Waals surface area contributed by atoms with Crippen molar-refractivity contribution in [1.82, 2.24) is 24.6 Å². The average molecular weight is 605 g/mol. The van der Waals surface area contributed by atoms with E-state index in [1.165, 1.54) is 26.6 Å². The molecule has 1 unspecified atom stereocenters. The number of benzene rings is 1. The highest BCUT2D eigenvalue weighted by atomic mass is 19.4. The number of aromatic nitrogens is 3. The van der Waals surface area contributed by atoms with Gasteiger partial charge in [0.15, 0.2) is 0 Å². The number of carbonyl (C=O) groups is 2. The zero-order chi connectivity index (χ0) is 30.8. The van der Waals surface area contributed by atoms with E-state index in [0.29, 0.717) is 28.7 Å².